The van der Waals surface area contributed by atoms with Crippen LogP contribution >= 0.6 is 7.82 Å². The molecule has 0 saturated carbocycles. The minimum absolute atomic E-state index is 0.0823. The summed E-state index contributed by atoms with van der Waals surface area (Å²) in [5.74, 6) is 1.98. The Hall–Kier alpha value is -1.83. The van der Waals surface area contributed by atoms with E-state index in [0.29, 0.717) is 12.2 Å². The van der Waals surface area contributed by atoms with Gasteiger partial charge in [0.2, 0.25) is 0 Å². The first kappa shape index (κ1) is 32.7. The quantitative estimate of drug-likeness (QED) is 0.151. The maximum Gasteiger partial charge on any atom is 0.529 e. The molecule has 9 heteroatoms. The molecular formula is C31H49O7PSi. The third-order valence-electron chi connectivity index (χ3n) is 8.37. The summed E-state index contributed by atoms with van der Waals surface area (Å²) in [5.41, 5.74) is 0.497. The van der Waals surface area contributed by atoms with Gasteiger partial charge in [0.1, 0.15) is 17.3 Å². The van der Waals surface area contributed by atoms with E-state index in [1.54, 1.807) is 28.1 Å². The van der Waals surface area contributed by atoms with Gasteiger partial charge in [0, 0.05) is 23.3 Å². The first-order valence-electron chi connectivity index (χ1n) is 14.7. The minimum Gasteiger partial charge on any atom is -0.496 e. The number of benzene rings is 2. The molecule has 40 heavy (non-hydrogen) atoms. The number of hydrogen-bond donors (Lipinski definition) is 0. The Balaban J connectivity index is 2.23. The Labute approximate surface area is 242 Å². The fourth-order valence-electron chi connectivity index (χ4n) is 6.18. The van der Waals surface area contributed by atoms with Crippen molar-refractivity contribution >= 4 is 26.9 Å². The van der Waals surface area contributed by atoms with Crippen LogP contribution in [0.1, 0.15) is 72.8 Å². The zero-order chi connectivity index (χ0) is 29.6. The fraction of sp³-hybridized carbons (Fsp3) is 0.613. The van der Waals surface area contributed by atoms with Gasteiger partial charge in [0.05, 0.1) is 33.0 Å². The van der Waals surface area contributed by atoms with Crippen molar-refractivity contribution in [2.24, 2.45) is 5.92 Å². The van der Waals surface area contributed by atoms with Gasteiger partial charge < -0.3 is 18.4 Å². The van der Waals surface area contributed by atoms with Gasteiger partial charge in [-0.25, -0.2) is 4.57 Å². The van der Waals surface area contributed by atoms with Crippen LogP contribution in [0, 0.1) is 5.92 Å². The van der Waals surface area contributed by atoms with Crippen LogP contribution in [0.3, 0.4) is 0 Å². The van der Waals surface area contributed by atoms with Gasteiger partial charge in [-0.15, -0.1) is 0 Å². The maximum atomic E-state index is 13.4. The second-order valence-electron chi connectivity index (χ2n) is 10.9. The molecule has 0 aromatic heterocycles. The second kappa shape index (κ2) is 13.9. The van der Waals surface area contributed by atoms with E-state index in [4.69, 9.17) is 27.5 Å². The van der Waals surface area contributed by atoms with Crippen LogP contribution < -0.4 is 9.47 Å². The van der Waals surface area contributed by atoms with Crippen LogP contribution in [0.25, 0.3) is 10.8 Å². The molecule has 0 saturated heterocycles. The monoisotopic (exact) mass is 592 g/mol. The lowest BCUT2D eigenvalue weighted by Gasteiger charge is -2.47. The lowest BCUT2D eigenvalue weighted by atomic mass is 9.70. The van der Waals surface area contributed by atoms with E-state index in [1.165, 1.54) is 0 Å². The highest BCUT2D eigenvalue weighted by Crippen LogP contribution is 2.56. The Morgan fingerprint density at radius 3 is 2.12 bits per heavy atom. The van der Waals surface area contributed by atoms with E-state index < -0.39 is 21.7 Å². The third-order valence-corrected chi connectivity index (χ3v) is 14.8. The summed E-state index contributed by atoms with van der Waals surface area (Å²) < 4.78 is 49.6. The number of allylic oxidation sites excluding steroid dienone is 2. The summed E-state index contributed by atoms with van der Waals surface area (Å²) >= 11 is 0. The Bertz CT molecular complexity index is 1190. The van der Waals surface area contributed by atoms with Crippen molar-refractivity contribution < 1.29 is 32.0 Å². The maximum absolute atomic E-state index is 13.4. The van der Waals surface area contributed by atoms with E-state index in [2.05, 4.69) is 58.9 Å². The van der Waals surface area contributed by atoms with Gasteiger partial charge in [-0.3, -0.25) is 9.05 Å². The number of hydrogen-bond acceptors (Lipinski definition) is 7. The van der Waals surface area contributed by atoms with E-state index >= 15 is 0 Å². The number of methoxy groups -OCH3 is 2. The van der Waals surface area contributed by atoms with Crippen LogP contribution in [-0.2, 0) is 22.6 Å². The van der Waals surface area contributed by atoms with Crippen LogP contribution in [0.4, 0.5) is 0 Å². The van der Waals surface area contributed by atoms with Gasteiger partial charge in [-0.2, -0.15) is 0 Å². The van der Waals surface area contributed by atoms with Crippen LogP contribution in [0.5, 0.6) is 11.5 Å². The lowest BCUT2D eigenvalue weighted by molar-refractivity contribution is 0.0153. The summed E-state index contributed by atoms with van der Waals surface area (Å²) in [5, 5.41) is 2.04. The molecule has 0 radical (unpaired) electrons. The van der Waals surface area contributed by atoms with Crippen molar-refractivity contribution in [1.29, 1.82) is 0 Å². The van der Waals surface area contributed by atoms with E-state index in [-0.39, 0.29) is 25.0 Å². The number of rotatable bonds is 15. The van der Waals surface area contributed by atoms with Gasteiger partial charge in [-0.1, -0.05) is 45.0 Å². The molecule has 0 bridgehead atoms. The van der Waals surface area contributed by atoms with Crippen molar-refractivity contribution in [3.8, 4) is 11.5 Å². The molecule has 2 aromatic rings. The molecule has 224 valence electrons. The third kappa shape index (κ3) is 6.96. The number of phosphoric acid groups is 1. The van der Waals surface area contributed by atoms with E-state index in [0.717, 1.165) is 52.4 Å². The molecule has 0 N–H and O–H groups in total. The molecule has 0 aliphatic heterocycles. The summed E-state index contributed by atoms with van der Waals surface area (Å²) in [6, 6.07) is 13.4. The Morgan fingerprint density at radius 2 is 1.57 bits per heavy atom. The standard InChI is InChI=1S/C31H49O7PSi/c1-10-35-39(32,36-11-2)37-24-19-20-27(31(6,7)38-40(12-3,13-4)14-5)26(22-24)29-28(33-8)21-23-17-15-16-18-25(23)30(29)34-9/h15-18,21-22,26-27H,10-14,19-20H2,1-9H3/t26-,27-/m1/s1. The van der Waals surface area contributed by atoms with Crippen molar-refractivity contribution in [1.82, 2.24) is 0 Å². The average molecular weight is 593 g/mol. The van der Waals surface area contributed by atoms with Crippen molar-refractivity contribution in [2.45, 2.75) is 91.0 Å². The molecule has 1 aliphatic rings. The zero-order valence-corrected chi connectivity index (χ0v) is 27.8. The molecule has 7 nitrogen and oxygen atoms in total. The number of fused-ring (bicyclic) bond motifs is 1. The Kier molecular flexibility index (Phi) is 11.3. The summed E-state index contributed by atoms with van der Waals surface area (Å²) in [6.45, 7) is 15.2. The highest BCUT2D eigenvalue weighted by Gasteiger charge is 2.46. The lowest BCUT2D eigenvalue weighted by Crippen LogP contribution is -2.49. The Morgan fingerprint density at radius 1 is 0.950 bits per heavy atom. The van der Waals surface area contributed by atoms with Gasteiger partial charge >= 0.3 is 7.82 Å². The molecule has 0 spiro atoms. The minimum atomic E-state index is -3.75. The van der Waals surface area contributed by atoms with Crippen LogP contribution in [-0.4, -0.2) is 41.4 Å². The predicted octanol–water partition coefficient (Wildman–Crippen LogP) is 9.23. The first-order chi connectivity index (χ1) is 19.1. The molecular weight excluding hydrogens is 543 g/mol. The zero-order valence-electron chi connectivity index (χ0n) is 25.9. The number of phosphoric ester groups is 1. The van der Waals surface area contributed by atoms with Gasteiger partial charge in [0.15, 0.2) is 8.32 Å². The molecule has 0 heterocycles. The molecule has 0 amide bonds. The van der Waals surface area contributed by atoms with Gasteiger partial charge in [0.25, 0.3) is 0 Å². The molecule has 0 unspecified atom stereocenters. The first-order valence-corrected chi connectivity index (χ1v) is 18.7. The smallest absolute Gasteiger partial charge is 0.496 e. The van der Waals surface area contributed by atoms with Crippen LogP contribution in [0.15, 0.2) is 42.2 Å². The summed E-state index contributed by atoms with van der Waals surface area (Å²) in [6.07, 6.45) is 3.42. The summed E-state index contributed by atoms with van der Waals surface area (Å²) in [4.78, 5) is 0. The molecule has 1 aliphatic carbocycles. The molecule has 3 rings (SSSR count). The van der Waals surface area contributed by atoms with Crippen molar-refractivity contribution in [2.75, 3.05) is 27.4 Å². The van der Waals surface area contributed by atoms with Crippen molar-refractivity contribution in [3.63, 3.8) is 0 Å². The fourth-order valence-corrected chi connectivity index (χ4v) is 10.6. The second-order valence-corrected chi connectivity index (χ2v) is 17.2. The average Bonchev–Trinajstić information content (AvgIpc) is 2.94. The topological polar surface area (TPSA) is 72.5 Å². The molecule has 0 fully saturated rings. The molecule has 2 atom stereocenters. The van der Waals surface area contributed by atoms with E-state index in [9.17, 15) is 4.57 Å². The highest BCUT2D eigenvalue weighted by molar-refractivity contribution is 7.48. The predicted molar refractivity (Wildman–Crippen MR) is 165 cm³/mol. The normalized spacial score (nSPS) is 18.5. The molecule has 2 aromatic carbocycles. The largest absolute Gasteiger partial charge is 0.529 e. The van der Waals surface area contributed by atoms with E-state index in [1.807, 2.05) is 12.1 Å². The summed E-state index contributed by atoms with van der Waals surface area (Å²) in [7, 11) is -2.29. The number of ether oxygens (including phenoxy) is 2. The van der Waals surface area contributed by atoms with Crippen molar-refractivity contribution in [3.05, 3.63) is 47.7 Å². The highest BCUT2D eigenvalue weighted by atomic mass is 31.2. The van der Waals surface area contributed by atoms with Gasteiger partial charge in [-0.05, 0) is 75.7 Å². The SMILES string of the molecule is CCOP(=O)(OCC)OC1=C[C@@H](c2c(OC)cc3ccccc3c2OC)[C@H](C(C)(C)O[Si](CC)(CC)CC)CC1. The van der Waals surface area contributed by atoms with Crippen LogP contribution in [0.2, 0.25) is 18.1 Å².